The molecule has 1 heterocycles. The van der Waals surface area contributed by atoms with E-state index < -0.39 is 0 Å². The molecule has 16 heavy (non-hydrogen) atoms. The molecule has 1 N–H and O–H groups in total. The predicted molar refractivity (Wildman–Crippen MR) is 65.2 cm³/mol. The van der Waals surface area contributed by atoms with Crippen LogP contribution in [0.4, 0.5) is 0 Å². The number of carbonyl (C=O) groups excluding carboxylic acids is 1. The van der Waals surface area contributed by atoms with E-state index in [0.29, 0.717) is 6.61 Å². The van der Waals surface area contributed by atoms with Crippen molar-refractivity contribution < 1.29 is 9.53 Å². The second-order valence-corrected chi connectivity index (χ2v) is 4.65. The second-order valence-electron chi connectivity index (χ2n) is 3.73. The third-order valence-electron chi connectivity index (χ3n) is 2.68. The maximum absolute atomic E-state index is 11.7. The molecule has 0 saturated carbocycles. The Bertz CT molecular complexity index is 406. The number of nitrogens with one attached hydrogen (secondary N) is 1. The third kappa shape index (κ3) is 2.28. The first-order valence-corrected chi connectivity index (χ1v) is 6.20. The Balaban J connectivity index is 2.29. The summed E-state index contributed by atoms with van der Waals surface area (Å²) in [7, 11) is 0. The summed E-state index contributed by atoms with van der Waals surface area (Å²) in [6.45, 7) is 3.05. The molecule has 1 aliphatic heterocycles. The number of benzene rings is 1. The van der Waals surface area contributed by atoms with Crippen LogP contribution < -0.4 is 5.32 Å². The average molecular weight is 284 g/mol. The van der Waals surface area contributed by atoms with E-state index in [1.165, 1.54) is 5.56 Å². The van der Waals surface area contributed by atoms with Crippen LogP contribution >= 0.6 is 15.9 Å². The van der Waals surface area contributed by atoms with Gasteiger partial charge in [-0.1, -0.05) is 22.0 Å². The van der Waals surface area contributed by atoms with Gasteiger partial charge in [0.2, 0.25) is 0 Å². The molecule has 1 aliphatic rings. The predicted octanol–water partition coefficient (Wildman–Crippen LogP) is 2.20. The Kier molecular flexibility index (Phi) is 3.61. The molecule has 1 aromatic rings. The van der Waals surface area contributed by atoms with Gasteiger partial charge in [-0.2, -0.15) is 0 Å². The highest BCUT2D eigenvalue weighted by molar-refractivity contribution is 9.10. The van der Waals surface area contributed by atoms with Crippen LogP contribution in [0.5, 0.6) is 0 Å². The van der Waals surface area contributed by atoms with E-state index in [0.717, 1.165) is 23.0 Å². The van der Waals surface area contributed by atoms with Gasteiger partial charge in [-0.3, -0.25) is 0 Å². The minimum absolute atomic E-state index is 0.189. The zero-order valence-corrected chi connectivity index (χ0v) is 10.7. The van der Waals surface area contributed by atoms with Crippen molar-refractivity contribution in [3.8, 4) is 0 Å². The Morgan fingerprint density at radius 1 is 1.62 bits per heavy atom. The standard InChI is InChI=1S/C12H14BrNO2/c1-2-16-12(15)11-10-4-3-9(13)7-8(10)5-6-14-11/h3-4,7,11,14H,2,5-6H2,1H3. The molecule has 4 heteroatoms. The maximum atomic E-state index is 11.7. The Morgan fingerprint density at radius 3 is 3.19 bits per heavy atom. The van der Waals surface area contributed by atoms with Crippen molar-refractivity contribution >= 4 is 21.9 Å². The summed E-state index contributed by atoms with van der Waals surface area (Å²) in [4.78, 5) is 11.7. The Hall–Kier alpha value is -0.870. The number of fused-ring (bicyclic) bond motifs is 1. The van der Waals surface area contributed by atoms with E-state index >= 15 is 0 Å². The number of halogens is 1. The minimum Gasteiger partial charge on any atom is -0.465 e. The Morgan fingerprint density at radius 2 is 2.44 bits per heavy atom. The fourth-order valence-corrected chi connectivity index (χ4v) is 2.38. The topological polar surface area (TPSA) is 38.3 Å². The zero-order chi connectivity index (χ0) is 11.5. The molecule has 0 spiro atoms. The van der Waals surface area contributed by atoms with Crippen molar-refractivity contribution in [2.75, 3.05) is 13.2 Å². The van der Waals surface area contributed by atoms with Gasteiger partial charge in [0.1, 0.15) is 6.04 Å². The van der Waals surface area contributed by atoms with Gasteiger partial charge in [-0.05, 0) is 36.6 Å². The van der Waals surface area contributed by atoms with Crippen LogP contribution in [0.3, 0.4) is 0 Å². The molecular formula is C12H14BrNO2. The molecule has 2 rings (SSSR count). The molecule has 1 unspecified atom stereocenters. The maximum Gasteiger partial charge on any atom is 0.327 e. The lowest BCUT2D eigenvalue weighted by Crippen LogP contribution is -2.36. The molecule has 86 valence electrons. The number of rotatable bonds is 2. The molecule has 0 aliphatic carbocycles. The van der Waals surface area contributed by atoms with Crippen molar-refractivity contribution in [3.05, 3.63) is 33.8 Å². The molecule has 0 fully saturated rings. The highest BCUT2D eigenvalue weighted by Crippen LogP contribution is 2.26. The van der Waals surface area contributed by atoms with E-state index in [4.69, 9.17) is 4.74 Å². The van der Waals surface area contributed by atoms with Gasteiger partial charge >= 0.3 is 5.97 Å². The van der Waals surface area contributed by atoms with Crippen molar-refractivity contribution in [2.24, 2.45) is 0 Å². The molecule has 0 radical (unpaired) electrons. The number of esters is 1. The lowest BCUT2D eigenvalue weighted by atomic mass is 9.94. The first kappa shape index (κ1) is 11.6. The van der Waals surface area contributed by atoms with Crippen molar-refractivity contribution in [1.82, 2.24) is 5.32 Å². The second kappa shape index (κ2) is 4.97. The normalized spacial score (nSPS) is 19.0. The summed E-state index contributed by atoms with van der Waals surface area (Å²) < 4.78 is 6.11. The van der Waals surface area contributed by atoms with Crippen molar-refractivity contribution in [2.45, 2.75) is 19.4 Å². The van der Waals surface area contributed by atoms with Crippen molar-refractivity contribution in [1.29, 1.82) is 0 Å². The van der Waals surface area contributed by atoms with E-state index in [1.54, 1.807) is 0 Å². The van der Waals surface area contributed by atoms with Crippen LogP contribution in [0.25, 0.3) is 0 Å². The summed E-state index contributed by atoms with van der Waals surface area (Å²) >= 11 is 3.44. The first-order chi connectivity index (χ1) is 7.72. The van der Waals surface area contributed by atoms with Crippen LogP contribution in [0.2, 0.25) is 0 Å². The van der Waals surface area contributed by atoms with Gasteiger partial charge in [-0.25, -0.2) is 4.79 Å². The molecule has 1 aromatic carbocycles. The number of hydrogen-bond acceptors (Lipinski definition) is 3. The largest absolute Gasteiger partial charge is 0.465 e. The molecule has 0 bridgehead atoms. The number of ether oxygens (including phenoxy) is 1. The van der Waals surface area contributed by atoms with E-state index in [1.807, 2.05) is 19.1 Å². The van der Waals surface area contributed by atoms with Gasteiger partial charge in [0.15, 0.2) is 0 Å². The van der Waals surface area contributed by atoms with E-state index in [2.05, 4.69) is 27.3 Å². The molecule has 0 amide bonds. The lowest BCUT2D eigenvalue weighted by Gasteiger charge is -2.25. The highest BCUT2D eigenvalue weighted by atomic mass is 79.9. The smallest absolute Gasteiger partial charge is 0.327 e. The SMILES string of the molecule is CCOC(=O)C1NCCc2cc(Br)ccc21. The fourth-order valence-electron chi connectivity index (χ4n) is 1.97. The van der Waals surface area contributed by atoms with Gasteiger partial charge in [0.25, 0.3) is 0 Å². The molecule has 1 atom stereocenters. The van der Waals surface area contributed by atoms with E-state index in [9.17, 15) is 4.79 Å². The quantitative estimate of drug-likeness (QED) is 0.846. The molecule has 0 saturated heterocycles. The van der Waals surface area contributed by atoms with Crippen LogP contribution in [-0.4, -0.2) is 19.1 Å². The van der Waals surface area contributed by atoms with Gasteiger partial charge in [0, 0.05) is 11.0 Å². The van der Waals surface area contributed by atoms with Crippen LogP contribution in [0, 0.1) is 0 Å². The number of carbonyl (C=O) groups is 1. The van der Waals surface area contributed by atoms with Gasteiger partial charge in [-0.15, -0.1) is 0 Å². The van der Waals surface area contributed by atoms with Gasteiger partial charge in [0.05, 0.1) is 6.61 Å². The number of hydrogen-bond donors (Lipinski definition) is 1. The minimum atomic E-state index is -0.309. The molecule has 3 nitrogen and oxygen atoms in total. The first-order valence-electron chi connectivity index (χ1n) is 5.40. The summed E-state index contributed by atoms with van der Waals surface area (Å²) in [5.74, 6) is -0.189. The van der Waals surface area contributed by atoms with Crippen LogP contribution in [0.15, 0.2) is 22.7 Å². The molecule has 0 aromatic heterocycles. The van der Waals surface area contributed by atoms with Crippen LogP contribution in [-0.2, 0) is 16.0 Å². The zero-order valence-electron chi connectivity index (χ0n) is 9.13. The fraction of sp³-hybridized carbons (Fsp3) is 0.417. The van der Waals surface area contributed by atoms with Crippen LogP contribution in [0.1, 0.15) is 24.1 Å². The Labute approximate surface area is 103 Å². The summed E-state index contributed by atoms with van der Waals surface area (Å²) in [6.07, 6.45) is 0.949. The van der Waals surface area contributed by atoms with Gasteiger partial charge < -0.3 is 10.1 Å². The summed E-state index contributed by atoms with van der Waals surface area (Å²) in [6, 6.07) is 5.70. The summed E-state index contributed by atoms with van der Waals surface area (Å²) in [5.41, 5.74) is 2.25. The van der Waals surface area contributed by atoms with E-state index in [-0.39, 0.29) is 12.0 Å². The lowest BCUT2D eigenvalue weighted by molar-refractivity contribution is -0.146. The van der Waals surface area contributed by atoms with Crippen molar-refractivity contribution in [3.63, 3.8) is 0 Å². The molecular weight excluding hydrogens is 270 g/mol. The third-order valence-corrected chi connectivity index (χ3v) is 3.17. The summed E-state index contributed by atoms with van der Waals surface area (Å²) in [5, 5.41) is 3.19. The highest BCUT2D eigenvalue weighted by Gasteiger charge is 2.26. The monoisotopic (exact) mass is 283 g/mol. The average Bonchev–Trinajstić information content (AvgIpc) is 2.28.